The summed E-state index contributed by atoms with van der Waals surface area (Å²) in [7, 11) is 0. The first-order chi connectivity index (χ1) is 9.08. The van der Waals surface area contributed by atoms with Gasteiger partial charge < -0.3 is 5.73 Å². The Morgan fingerprint density at radius 3 is 2.63 bits per heavy atom. The van der Waals surface area contributed by atoms with Gasteiger partial charge in [-0.3, -0.25) is 0 Å². The van der Waals surface area contributed by atoms with Gasteiger partial charge in [0.2, 0.25) is 0 Å². The fourth-order valence-corrected chi connectivity index (χ4v) is 2.46. The Balaban J connectivity index is 2.53. The molecule has 1 unspecified atom stereocenters. The lowest BCUT2D eigenvalue weighted by atomic mass is 10.1. The largest absolute Gasteiger partial charge is 0.323 e. The van der Waals surface area contributed by atoms with Crippen LogP contribution >= 0.6 is 23.2 Å². The van der Waals surface area contributed by atoms with Crippen LogP contribution in [0.4, 0.5) is 0 Å². The maximum atomic E-state index is 6.21. The normalized spacial score (nSPS) is 12.7. The van der Waals surface area contributed by atoms with Crippen LogP contribution < -0.4 is 5.73 Å². The molecule has 0 fully saturated rings. The molecule has 102 valence electrons. The highest BCUT2D eigenvalue weighted by molar-refractivity contribution is 6.35. The summed E-state index contributed by atoms with van der Waals surface area (Å²) >= 11 is 12.1. The lowest BCUT2D eigenvalue weighted by molar-refractivity contribution is 0.665. The van der Waals surface area contributed by atoms with E-state index in [1.807, 2.05) is 19.9 Å². The van der Waals surface area contributed by atoms with Crippen LogP contribution in [0.3, 0.4) is 0 Å². The predicted molar refractivity (Wildman–Crippen MR) is 78.0 cm³/mol. The van der Waals surface area contributed by atoms with E-state index in [1.165, 1.54) is 0 Å². The van der Waals surface area contributed by atoms with Crippen LogP contribution in [-0.4, -0.2) is 15.0 Å². The molecule has 0 saturated heterocycles. The van der Waals surface area contributed by atoms with Gasteiger partial charge in [0.1, 0.15) is 5.69 Å². The van der Waals surface area contributed by atoms with Crippen molar-refractivity contribution in [2.45, 2.75) is 32.7 Å². The third kappa shape index (κ3) is 2.76. The zero-order valence-corrected chi connectivity index (χ0v) is 12.4. The number of benzene rings is 1. The van der Waals surface area contributed by atoms with Crippen molar-refractivity contribution in [2.75, 3.05) is 0 Å². The molecule has 0 aliphatic rings. The molecule has 0 bridgehead atoms. The van der Waals surface area contributed by atoms with E-state index < -0.39 is 0 Å². The first kappa shape index (κ1) is 14.3. The molecule has 0 saturated carbocycles. The Morgan fingerprint density at radius 1 is 1.32 bits per heavy atom. The second-order valence-electron chi connectivity index (χ2n) is 4.30. The van der Waals surface area contributed by atoms with E-state index in [-0.39, 0.29) is 6.04 Å². The summed E-state index contributed by atoms with van der Waals surface area (Å²) in [6, 6.07) is 5.21. The molecule has 4 nitrogen and oxygen atoms in total. The molecule has 2 aromatic rings. The quantitative estimate of drug-likeness (QED) is 0.939. The molecule has 1 heterocycles. The molecule has 0 aliphatic carbocycles. The lowest BCUT2D eigenvalue weighted by Crippen LogP contribution is -2.12. The summed E-state index contributed by atoms with van der Waals surface area (Å²) in [6.45, 7) is 4.07. The number of hydrogen-bond donors (Lipinski definition) is 1. The molecule has 0 aliphatic heterocycles. The summed E-state index contributed by atoms with van der Waals surface area (Å²) in [5, 5.41) is 9.51. The van der Waals surface area contributed by atoms with Gasteiger partial charge in [0.15, 0.2) is 0 Å². The summed E-state index contributed by atoms with van der Waals surface area (Å²) < 4.78 is 1.74. The molecule has 0 spiro atoms. The van der Waals surface area contributed by atoms with E-state index in [9.17, 15) is 0 Å². The van der Waals surface area contributed by atoms with E-state index in [0.717, 1.165) is 29.9 Å². The van der Waals surface area contributed by atoms with Crippen molar-refractivity contribution in [3.8, 4) is 5.69 Å². The molecule has 2 N–H and O–H groups in total. The van der Waals surface area contributed by atoms with Crippen LogP contribution in [0, 0.1) is 0 Å². The second-order valence-corrected chi connectivity index (χ2v) is 5.14. The lowest BCUT2D eigenvalue weighted by Gasteiger charge is -2.10. The number of halogens is 2. The third-order valence-electron chi connectivity index (χ3n) is 3.06. The van der Waals surface area contributed by atoms with Crippen LogP contribution in [0.25, 0.3) is 5.69 Å². The Labute approximate surface area is 122 Å². The van der Waals surface area contributed by atoms with E-state index in [1.54, 1.807) is 16.8 Å². The van der Waals surface area contributed by atoms with Crippen LogP contribution in [0.1, 0.15) is 37.7 Å². The molecule has 0 radical (unpaired) electrons. The van der Waals surface area contributed by atoms with E-state index >= 15 is 0 Å². The van der Waals surface area contributed by atoms with Gasteiger partial charge in [-0.2, -0.15) is 0 Å². The van der Waals surface area contributed by atoms with Gasteiger partial charge in [-0.15, -0.1) is 5.10 Å². The standard InChI is InChI=1S/C13H16Cl2N4/c1-3-10(16)13-11(4-2)19(18-17-13)12-6-5-8(14)7-9(12)15/h5-7,10H,3-4,16H2,1-2H3. The van der Waals surface area contributed by atoms with Gasteiger partial charge in [-0.25, -0.2) is 4.68 Å². The number of aromatic nitrogens is 3. The highest BCUT2D eigenvalue weighted by Gasteiger charge is 2.18. The topological polar surface area (TPSA) is 56.7 Å². The molecule has 0 amide bonds. The monoisotopic (exact) mass is 298 g/mol. The van der Waals surface area contributed by atoms with Crippen molar-refractivity contribution < 1.29 is 0 Å². The van der Waals surface area contributed by atoms with Crippen molar-refractivity contribution in [2.24, 2.45) is 5.73 Å². The minimum Gasteiger partial charge on any atom is -0.323 e. The number of rotatable bonds is 4. The van der Waals surface area contributed by atoms with E-state index in [4.69, 9.17) is 28.9 Å². The average Bonchev–Trinajstić information content (AvgIpc) is 2.81. The number of hydrogen-bond acceptors (Lipinski definition) is 3. The predicted octanol–water partition coefficient (Wildman–Crippen LogP) is 3.55. The van der Waals surface area contributed by atoms with Crippen LogP contribution in [0.2, 0.25) is 10.0 Å². The Bertz CT molecular complexity index is 580. The van der Waals surface area contributed by atoms with Crippen molar-refractivity contribution in [3.63, 3.8) is 0 Å². The smallest absolute Gasteiger partial charge is 0.103 e. The van der Waals surface area contributed by atoms with Crippen molar-refractivity contribution in [3.05, 3.63) is 39.6 Å². The van der Waals surface area contributed by atoms with Crippen LogP contribution in [0.15, 0.2) is 18.2 Å². The fourth-order valence-electron chi connectivity index (χ4n) is 1.97. The van der Waals surface area contributed by atoms with Crippen molar-refractivity contribution >= 4 is 23.2 Å². The van der Waals surface area contributed by atoms with Gasteiger partial charge >= 0.3 is 0 Å². The highest BCUT2D eigenvalue weighted by atomic mass is 35.5. The molecule has 2 rings (SSSR count). The van der Waals surface area contributed by atoms with Gasteiger partial charge in [-0.05, 0) is 31.0 Å². The van der Waals surface area contributed by atoms with Crippen molar-refractivity contribution in [1.82, 2.24) is 15.0 Å². The molecule has 1 aromatic carbocycles. The Kier molecular flexibility index (Phi) is 4.45. The summed E-state index contributed by atoms with van der Waals surface area (Å²) in [5.41, 5.74) is 8.64. The fraction of sp³-hybridized carbons (Fsp3) is 0.385. The van der Waals surface area contributed by atoms with Gasteiger partial charge in [0.25, 0.3) is 0 Å². The number of nitrogens with two attached hydrogens (primary N) is 1. The molecule has 1 atom stereocenters. The summed E-state index contributed by atoms with van der Waals surface area (Å²) in [4.78, 5) is 0. The molecule has 19 heavy (non-hydrogen) atoms. The van der Waals surface area contributed by atoms with Crippen LogP contribution in [-0.2, 0) is 6.42 Å². The maximum Gasteiger partial charge on any atom is 0.103 e. The molecule has 6 heteroatoms. The van der Waals surface area contributed by atoms with Crippen LogP contribution in [0.5, 0.6) is 0 Å². The third-order valence-corrected chi connectivity index (χ3v) is 3.59. The number of nitrogens with zero attached hydrogens (tertiary/aromatic N) is 3. The first-order valence-corrected chi connectivity index (χ1v) is 6.99. The van der Waals surface area contributed by atoms with Gasteiger partial charge in [-0.1, -0.05) is 42.3 Å². The highest BCUT2D eigenvalue weighted by Crippen LogP contribution is 2.27. The Hall–Kier alpha value is -1.10. The molecule has 1 aromatic heterocycles. The SMILES string of the molecule is CCc1c(C(N)CC)nnn1-c1ccc(Cl)cc1Cl. The summed E-state index contributed by atoms with van der Waals surface area (Å²) in [5.74, 6) is 0. The van der Waals surface area contributed by atoms with E-state index in [2.05, 4.69) is 10.3 Å². The maximum absolute atomic E-state index is 6.21. The minimum atomic E-state index is -0.102. The average molecular weight is 299 g/mol. The Morgan fingerprint density at radius 2 is 2.05 bits per heavy atom. The summed E-state index contributed by atoms with van der Waals surface area (Å²) in [6.07, 6.45) is 1.61. The zero-order valence-electron chi connectivity index (χ0n) is 10.9. The first-order valence-electron chi connectivity index (χ1n) is 6.23. The zero-order chi connectivity index (χ0) is 14.0. The molecular weight excluding hydrogens is 283 g/mol. The molecular formula is C13H16Cl2N4. The minimum absolute atomic E-state index is 0.102. The van der Waals surface area contributed by atoms with Gasteiger partial charge in [0, 0.05) is 5.02 Å². The van der Waals surface area contributed by atoms with Crippen molar-refractivity contribution in [1.29, 1.82) is 0 Å². The van der Waals surface area contributed by atoms with E-state index in [0.29, 0.717) is 10.0 Å². The second kappa shape index (κ2) is 5.90. The van der Waals surface area contributed by atoms with Gasteiger partial charge in [0.05, 0.1) is 22.4 Å².